The van der Waals surface area contributed by atoms with E-state index in [2.05, 4.69) is 38.2 Å². The number of benzene rings is 2. The second kappa shape index (κ2) is 13.7. The van der Waals surface area contributed by atoms with Crippen molar-refractivity contribution in [2.24, 2.45) is 12.5 Å². The zero-order valence-corrected chi connectivity index (χ0v) is 29.1. The maximum absolute atomic E-state index is 14.7. The molecule has 2 amide bonds. The van der Waals surface area contributed by atoms with Crippen molar-refractivity contribution in [2.45, 2.75) is 39.2 Å². The number of hydrogen-bond acceptors (Lipinski definition) is 9. The molecule has 3 aliphatic rings. The zero-order valence-electron chi connectivity index (χ0n) is 29.1. The predicted octanol–water partition coefficient (Wildman–Crippen LogP) is 4.55. The average Bonchev–Trinajstić information content (AvgIpc) is 3.84. The molecule has 2 aromatic heterocycles. The number of carbonyl (C=O) groups excluding carboxylic acids is 2. The molecular formula is C38H42FN9O3. The fraction of sp³-hybridized carbons (Fsp3) is 0.368. The van der Waals surface area contributed by atoms with Crippen molar-refractivity contribution in [3.8, 4) is 17.1 Å². The summed E-state index contributed by atoms with van der Waals surface area (Å²) in [4.78, 5) is 41.9. The highest BCUT2D eigenvalue weighted by Gasteiger charge is 2.51. The number of ether oxygens (including phenoxy) is 1. The van der Waals surface area contributed by atoms with E-state index < -0.39 is 11.2 Å². The summed E-state index contributed by atoms with van der Waals surface area (Å²) >= 11 is 0. The van der Waals surface area contributed by atoms with Crippen LogP contribution < -0.4 is 15.4 Å². The summed E-state index contributed by atoms with van der Waals surface area (Å²) < 4.78 is 21.9. The molecule has 7 rings (SSSR count). The molecule has 0 radical (unpaired) electrons. The number of rotatable bonds is 9. The van der Waals surface area contributed by atoms with Crippen LogP contribution in [0.4, 0.5) is 15.9 Å². The van der Waals surface area contributed by atoms with Crippen molar-refractivity contribution < 1.29 is 18.7 Å². The number of nitrogens with two attached hydrogens (primary N) is 1. The largest absolute Gasteiger partial charge is 0.488 e. The third kappa shape index (κ3) is 6.85. The van der Waals surface area contributed by atoms with Gasteiger partial charge >= 0.3 is 0 Å². The molecule has 12 nitrogen and oxygen atoms in total. The predicted molar refractivity (Wildman–Crippen MR) is 193 cm³/mol. The number of nitrogen functional groups attached to an aromatic ring is 1. The smallest absolute Gasteiger partial charge is 0.237 e. The quantitative estimate of drug-likeness (QED) is 0.243. The maximum Gasteiger partial charge on any atom is 0.237 e. The number of nitrogens with zero attached hydrogens (tertiary/aromatic N) is 7. The van der Waals surface area contributed by atoms with E-state index in [0.717, 1.165) is 17.5 Å². The van der Waals surface area contributed by atoms with E-state index in [4.69, 9.17) is 15.9 Å². The average molecular weight is 692 g/mol. The van der Waals surface area contributed by atoms with Crippen molar-refractivity contribution >= 4 is 34.6 Å². The summed E-state index contributed by atoms with van der Waals surface area (Å²) in [5.74, 6) is 0.643. The van der Waals surface area contributed by atoms with E-state index in [1.54, 1.807) is 34.1 Å². The van der Waals surface area contributed by atoms with E-state index in [1.165, 1.54) is 17.7 Å². The number of amides is 2. The van der Waals surface area contributed by atoms with E-state index in [-0.39, 0.29) is 47.3 Å². The van der Waals surface area contributed by atoms with Crippen LogP contribution in [0.1, 0.15) is 49.9 Å². The van der Waals surface area contributed by atoms with Gasteiger partial charge in [-0.15, -0.1) is 0 Å². The SMILES string of the molecule is CC(C)Oc1ccc(C(=N)c2nc(N3CC[C@]4(CCN(CC(=O)N5CC=C(c6ccc(-c7ncn(C)n7)cc6)CC5)C4)C3=O)ccc2N)cc1F. The standard InChI is InChI=1S/C38H42FN9O3/c1-24(2)51-31-10-8-28(20-29(31)39)34(41)35-30(40)9-11-32(43-35)48-19-15-38(37(48)50)14-18-46(22-38)21-33(49)47-16-12-26(13-17-47)25-4-6-27(7-5-25)36-42-23-45(3)44-36/h4-12,20,23-24,41H,13-19,21-22,40H2,1-3H3/t38-/m0/s1. The molecule has 264 valence electrons. The third-order valence-corrected chi connectivity index (χ3v) is 9.99. The summed E-state index contributed by atoms with van der Waals surface area (Å²) in [6.45, 7) is 6.71. The van der Waals surface area contributed by atoms with Gasteiger partial charge in [-0.25, -0.2) is 14.4 Å². The summed E-state index contributed by atoms with van der Waals surface area (Å²) in [5.41, 5.74) is 9.62. The fourth-order valence-electron chi connectivity index (χ4n) is 7.22. The summed E-state index contributed by atoms with van der Waals surface area (Å²) in [6, 6.07) is 15.8. The van der Waals surface area contributed by atoms with Crippen LogP contribution in [0.15, 0.2) is 67.0 Å². The van der Waals surface area contributed by atoms with Crippen LogP contribution in [0.2, 0.25) is 0 Å². The van der Waals surface area contributed by atoms with Gasteiger partial charge in [-0.1, -0.05) is 30.3 Å². The number of likely N-dealkylation sites (tertiary alicyclic amines) is 1. The van der Waals surface area contributed by atoms with Crippen LogP contribution in [0.5, 0.6) is 5.75 Å². The number of halogens is 1. The minimum Gasteiger partial charge on any atom is -0.488 e. The van der Waals surface area contributed by atoms with Crippen LogP contribution in [-0.4, -0.2) is 92.4 Å². The minimum absolute atomic E-state index is 0.0381. The summed E-state index contributed by atoms with van der Waals surface area (Å²) in [6.07, 6.45) is 5.68. The van der Waals surface area contributed by atoms with Gasteiger partial charge in [0.05, 0.1) is 29.5 Å². The van der Waals surface area contributed by atoms with Crippen molar-refractivity contribution in [1.29, 1.82) is 5.41 Å². The topological polar surface area (TPSA) is 147 Å². The highest BCUT2D eigenvalue weighted by Crippen LogP contribution is 2.42. The monoisotopic (exact) mass is 691 g/mol. The Kier molecular flexibility index (Phi) is 9.15. The molecule has 2 aromatic carbocycles. The van der Waals surface area contributed by atoms with E-state index in [1.807, 2.05) is 37.9 Å². The van der Waals surface area contributed by atoms with Crippen molar-refractivity contribution in [3.05, 3.63) is 89.6 Å². The molecule has 0 saturated carbocycles. The number of carbonyl (C=O) groups is 2. The second-order valence-corrected chi connectivity index (χ2v) is 13.9. The van der Waals surface area contributed by atoms with Gasteiger partial charge in [-0.3, -0.25) is 29.5 Å². The Bertz CT molecular complexity index is 2020. The van der Waals surface area contributed by atoms with Gasteiger partial charge in [0.15, 0.2) is 17.4 Å². The van der Waals surface area contributed by atoms with Crippen LogP contribution >= 0.6 is 0 Å². The highest BCUT2D eigenvalue weighted by atomic mass is 19.1. The Balaban J connectivity index is 0.959. The first kappa shape index (κ1) is 34.0. The van der Waals surface area contributed by atoms with Gasteiger partial charge in [0.25, 0.3) is 0 Å². The normalized spacial score (nSPS) is 19.3. The molecular weight excluding hydrogens is 649 g/mol. The van der Waals surface area contributed by atoms with Crippen molar-refractivity contribution in [2.75, 3.05) is 49.9 Å². The summed E-state index contributed by atoms with van der Waals surface area (Å²) in [7, 11) is 1.84. The molecule has 5 heterocycles. The lowest BCUT2D eigenvalue weighted by molar-refractivity contribution is -0.132. The summed E-state index contributed by atoms with van der Waals surface area (Å²) in [5, 5.41) is 13.1. The second-order valence-electron chi connectivity index (χ2n) is 13.9. The van der Waals surface area contributed by atoms with Crippen molar-refractivity contribution in [1.82, 2.24) is 29.5 Å². The lowest BCUT2D eigenvalue weighted by atomic mass is 9.85. The lowest BCUT2D eigenvalue weighted by Crippen LogP contribution is -2.43. The first-order valence-corrected chi connectivity index (χ1v) is 17.3. The van der Waals surface area contributed by atoms with Crippen molar-refractivity contribution in [3.63, 3.8) is 0 Å². The molecule has 0 aliphatic carbocycles. The first-order valence-electron chi connectivity index (χ1n) is 17.3. The molecule has 0 bridgehead atoms. The van der Waals surface area contributed by atoms with Gasteiger partial charge in [0, 0.05) is 44.4 Å². The fourth-order valence-corrected chi connectivity index (χ4v) is 7.22. The minimum atomic E-state index is -0.599. The molecule has 1 atom stereocenters. The first-order chi connectivity index (χ1) is 24.5. The Morgan fingerprint density at radius 3 is 2.51 bits per heavy atom. The Labute approximate surface area is 296 Å². The molecule has 4 aromatic rings. The molecule has 51 heavy (non-hydrogen) atoms. The van der Waals surface area contributed by atoms with Crippen LogP contribution in [-0.2, 0) is 16.6 Å². The molecule has 1 spiro atoms. The molecule has 3 N–H and O–H groups in total. The molecule has 3 aliphatic heterocycles. The third-order valence-electron chi connectivity index (χ3n) is 9.99. The van der Waals surface area contributed by atoms with Gasteiger partial charge < -0.3 is 15.4 Å². The van der Waals surface area contributed by atoms with Crippen LogP contribution in [0.3, 0.4) is 0 Å². The van der Waals surface area contributed by atoms with Gasteiger partial charge in [0.1, 0.15) is 17.8 Å². The molecule has 13 heteroatoms. The van der Waals surface area contributed by atoms with Crippen LogP contribution in [0, 0.1) is 16.6 Å². The maximum atomic E-state index is 14.7. The number of anilines is 2. The number of pyridine rings is 1. The Morgan fingerprint density at radius 2 is 1.82 bits per heavy atom. The van der Waals surface area contributed by atoms with E-state index in [9.17, 15) is 14.0 Å². The highest BCUT2D eigenvalue weighted by molar-refractivity contribution is 6.13. The molecule has 2 saturated heterocycles. The van der Waals surface area contributed by atoms with E-state index in [0.29, 0.717) is 62.8 Å². The molecule has 2 fully saturated rings. The van der Waals surface area contributed by atoms with Gasteiger partial charge in [-0.05, 0) is 81.1 Å². The van der Waals surface area contributed by atoms with E-state index >= 15 is 0 Å². The zero-order chi connectivity index (χ0) is 35.9. The lowest BCUT2D eigenvalue weighted by Gasteiger charge is -2.29. The van der Waals surface area contributed by atoms with Gasteiger partial charge in [-0.2, -0.15) is 5.10 Å². The number of nitrogens with one attached hydrogen (secondary N) is 1. The Hall–Kier alpha value is -5.43. The number of hydrogen-bond donors (Lipinski definition) is 2. The Morgan fingerprint density at radius 1 is 1.06 bits per heavy atom. The molecule has 0 unspecified atom stereocenters. The van der Waals surface area contributed by atoms with Crippen LogP contribution in [0.25, 0.3) is 17.0 Å². The number of aromatic nitrogens is 4. The number of aryl methyl sites for hydroxylation is 1. The van der Waals surface area contributed by atoms with Gasteiger partial charge in [0.2, 0.25) is 11.8 Å².